The number of benzene rings is 1. The van der Waals surface area contributed by atoms with Crippen molar-refractivity contribution in [3.05, 3.63) is 35.1 Å². The molecule has 0 unspecified atom stereocenters. The molecule has 0 aliphatic rings. The van der Waals surface area contributed by atoms with Gasteiger partial charge in [-0.05, 0) is 33.6 Å². The lowest BCUT2D eigenvalue weighted by atomic mass is 10.1. The van der Waals surface area contributed by atoms with Crippen LogP contribution in [0.5, 0.6) is 0 Å². The van der Waals surface area contributed by atoms with E-state index in [1.807, 2.05) is 14.1 Å². The third-order valence-electron chi connectivity index (χ3n) is 3.24. The van der Waals surface area contributed by atoms with Crippen molar-refractivity contribution in [2.75, 3.05) is 5.73 Å². The van der Waals surface area contributed by atoms with E-state index in [-0.39, 0.29) is 0 Å². The van der Waals surface area contributed by atoms with Gasteiger partial charge in [-0.3, -0.25) is 4.68 Å². The Morgan fingerprint density at radius 1 is 1.28 bits per heavy atom. The van der Waals surface area contributed by atoms with Gasteiger partial charge in [0.15, 0.2) is 0 Å². The fourth-order valence-electron chi connectivity index (χ4n) is 2.18. The standard InChI is InChI=1S/C13H13BrN4/c1-17-7-11(14)9-5-8(3-4-12(9)17)10-6-16-18(2)13(10)15/h3-7H,15H2,1-2H3. The SMILES string of the molecule is Cn1ncc(-c2ccc3c(c2)c(Br)cn3C)c1N. The molecule has 92 valence electrons. The van der Waals surface area contributed by atoms with Crippen LogP contribution in [-0.2, 0) is 14.1 Å². The van der Waals surface area contributed by atoms with Crippen LogP contribution in [0.25, 0.3) is 22.0 Å². The first-order valence-corrected chi connectivity index (χ1v) is 6.39. The third-order valence-corrected chi connectivity index (χ3v) is 3.87. The first-order valence-electron chi connectivity index (χ1n) is 5.60. The van der Waals surface area contributed by atoms with Gasteiger partial charge < -0.3 is 10.3 Å². The van der Waals surface area contributed by atoms with Crippen LogP contribution in [0.4, 0.5) is 5.82 Å². The smallest absolute Gasteiger partial charge is 0.129 e. The second-order valence-electron chi connectivity index (χ2n) is 4.39. The molecule has 0 aliphatic heterocycles. The first-order chi connectivity index (χ1) is 8.58. The summed E-state index contributed by atoms with van der Waals surface area (Å²) in [4.78, 5) is 0. The minimum Gasteiger partial charge on any atom is -0.383 e. The monoisotopic (exact) mass is 304 g/mol. The van der Waals surface area contributed by atoms with Gasteiger partial charge in [0, 0.05) is 41.2 Å². The number of anilines is 1. The van der Waals surface area contributed by atoms with Crippen molar-refractivity contribution in [2.45, 2.75) is 0 Å². The van der Waals surface area contributed by atoms with E-state index < -0.39 is 0 Å². The number of hydrogen-bond acceptors (Lipinski definition) is 2. The number of nitrogens with zero attached hydrogens (tertiary/aromatic N) is 3. The highest BCUT2D eigenvalue weighted by Crippen LogP contribution is 2.32. The van der Waals surface area contributed by atoms with Crippen LogP contribution in [0.1, 0.15) is 0 Å². The van der Waals surface area contributed by atoms with E-state index >= 15 is 0 Å². The van der Waals surface area contributed by atoms with Gasteiger partial charge in [-0.25, -0.2) is 0 Å². The molecule has 2 aromatic heterocycles. The Hall–Kier alpha value is -1.75. The molecule has 0 saturated carbocycles. The minimum absolute atomic E-state index is 0.682. The highest BCUT2D eigenvalue weighted by molar-refractivity contribution is 9.10. The molecule has 2 N–H and O–H groups in total. The summed E-state index contributed by atoms with van der Waals surface area (Å²) in [5, 5.41) is 5.35. The summed E-state index contributed by atoms with van der Waals surface area (Å²) in [6, 6.07) is 6.30. The number of aromatic nitrogens is 3. The highest BCUT2D eigenvalue weighted by atomic mass is 79.9. The topological polar surface area (TPSA) is 48.8 Å². The Labute approximate surface area is 113 Å². The fraction of sp³-hybridized carbons (Fsp3) is 0.154. The molecular formula is C13H13BrN4. The van der Waals surface area contributed by atoms with Crippen molar-refractivity contribution in [3.8, 4) is 11.1 Å². The summed E-state index contributed by atoms with van der Waals surface area (Å²) < 4.78 is 4.86. The Bertz CT molecular complexity index is 739. The molecule has 18 heavy (non-hydrogen) atoms. The van der Waals surface area contributed by atoms with Gasteiger partial charge in [0.2, 0.25) is 0 Å². The summed E-state index contributed by atoms with van der Waals surface area (Å²) in [6.45, 7) is 0. The van der Waals surface area contributed by atoms with Crippen molar-refractivity contribution in [1.82, 2.24) is 14.3 Å². The van der Waals surface area contributed by atoms with Crippen molar-refractivity contribution in [1.29, 1.82) is 0 Å². The zero-order valence-electron chi connectivity index (χ0n) is 10.2. The predicted octanol–water partition coefficient (Wildman–Crippen LogP) is 2.92. The van der Waals surface area contributed by atoms with Gasteiger partial charge in [0.05, 0.1) is 6.20 Å². The zero-order chi connectivity index (χ0) is 12.9. The number of rotatable bonds is 1. The molecule has 4 nitrogen and oxygen atoms in total. The van der Waals surface area contributed by atoms with E-state index in [2.05, 4.69) is 50.0 Å². The average molecular weight is 305 g/mol. The number of fused-ring (bicyclic) bond motifs is 1. The van der Waals surface area contributed by atoms with Crippen LogP contribution in [-0.4, -0.2) is 14.3 Å². The van der Waals surface area contributed by atoms with Crippen molar-refractivity contribution < 1.29 is 0 Å². The van der Waals surface area contributed by atoms with Crippen LogP contribution < -0.4 is 5.73 Å². The van der Waals surface area contributed by atoms with Gasteiger partial charge in [-0.1, -0.05) is 6.07 Å². The summed E-state index contributed by atoms with van der Waals surface area (Å²) in [5.74, 6) is 0.682. The quantitative estimate of drug-likeness (QED) is 0.751. The maximum Gasteiger partial charge on any atom is 0.129 e. The number of nitrogen functional groups attached to an aromatic ring is 1. The Balaban J connectivity index is 2.25. The molecular weight excluding hydrogens is 292 g/mol. The molecule has 2 heterocycles. The second kappa shape index (κ2) is 3.88. The van der Waals surface area contributed by atoms with Gasteiger partial charge >= 0.3 is 0 Å². The number of nitrogens with two attached hydrogens (primary N) is 1. The Morgan fingerprint density at radius 3 is 2.72 bits per heavy atom. The molecule has 0 bridgehead atoms. The zero-order valence-corrected chi connectivity index (χ0v) is 11.8. The van der Waals surface area contributed by atoms with Crippen LogP contribution in [0.3, 0.4) is 0 Å². The minimum atomic E-state index is 0.682. The van der Waals surface area contributed by atoms with Crippen LogP contribution in [0.15, 0.2) is 35.1 Å². The van der Waals surface area contributed by atoms with Gasteiger partial charge in [-0.15, -0.1) is 0 Å². The maximum atomic E-state index is 6.01. The second-order valence-corrected chi connectivity index (χ2v) is 5.24. The van der Waals surface area contributed by atoms with E-state index in [0.717, 1.165) is 15.6 Å². The third kappa shape index (κ3) is 1.54. The number of hydrogen-bond donors (Lipinski definition) is 1. The van der Waals surface area contributed by atoms with Gasteiger partial charge in [0.25, 0.3) is 0 Å². The summed E-state index contributed by atoms with van der Waals surface area (Å²) in [6.07, 6.45) is 3.86. The fourth-order valence-corrected chi connectivity index (χ4v) is 2.81. The summed E-state index contributed by atoms with van der Waals surface area (Å²) >= 11 is 3.58. The van der Waals surface area contributed by atoms with Crippen LogP contribution >= 0.6 is 15.9 Å². The van der Waals surface area contributed by atoms with E-state index in [4.69, 9.17) is 5.73 Å². The molecule has 3 rings (SSSR count). The predicted molar refractivity (Wildman–Crippen MR) is 77.2 cm³/mol. The molecule has 0 atom stereocenters. The lowest BCUT2D eigenvalue weighted by Gasteiger charge is -2.02. The van der Waals surface area contributed by atoms with Gasteiger partial charge in [-0.2, -0.15) is 5.10 Å². The first kappa shape index (κ1) is 11.3. The van der Waals surface area contributed by atoms with E-state index in [1.165, 1.54) is 10.9 Å². The van der Waals surface area contributed by atoms with Crippen molar-refractivity contribution in [3.63, 3.8) is 0 Å². The van der Waals surface area contributed by atoms with Crippen LogP contribution in [0.2, 0.25) is 0 Å². The number of halogens is 1. The molecule has 0 radical (unpaired) electrons. The van der Waals surface area contributed by atoms with Gasteiger partial charge in [0.1, 0.15) is 5.82 Å². The normalized spacial score (nSPS) is 11.3. The van der Waals surface area contributed by atoms with E-state index in [0.29, 0.717) is 5.82 Å². The molecule has 3 aromatic rings. The molecule has 0 amide bonds. The van der Waals surface area contributed by atoms with Crippen molar-refractivity contribution in [2.24, 2.45) is 14.1 Å². The molecule has 0 aliphatic carbocycles. The Morgan fingerprint density at radius 2 is 2.06 bits per heavy atom. The molecule has 0 spiro atoms. The largest absolute Gasteiger partial charge is 0.383 e. The molecule has 0 saturated heterocycles. The highest BCUT2D eigenvalue weighted by Gasteiger charge is 2.10. The maximum absolute atomic E-state index is 6.01. The molecule has 0 fully saturated rings. The Kier molecular flexibility index (Phi) is 2.45. The van der Waals surface area contributed by atoms with Crippen LogP contribution in [0, 0.1) is 0 Å². The summed E-state index contributed by atoms with van der Waals surface area (Å²) in [5.41, 5.74) is 9.24. The van der Waals surface area contributed by atoms with E-state index in [9.17, 15) is 0 Å². The van der Waals surface area contributed by atoms with Crippen molar-refractivity contribution >= 4 is 32.7 Å². The summed E-state index contributed by atoms with van der Waals surface area (Å²) in [7, 11) is 3.88. The lowest BCUT2D eigenvalue weighted by Crippen LogP contribution is -1.98. The lowest BCUT2D eigenvalue weighted by molar-refractivity contribution is 0.779. The molecule has 1 aromatic carbocycles. The molecule has 5 heteroatoms. The number of aryl methyl sites for hydroxylation is 2. The van der Waals surface area contributed by atoms with E-state index in [1.54, 1.807) is 10.9 Å². The average Bonchev–Trinajstić information content (AvgIpc) is 2.82.